The lowest BCUT2D eigenvalue weighted by molar-refractivity contribution is 0.101. The summed E-state index contributed by atoms with van der Waals surface area (Å²) in [5.41, 5.74) is 1.73. The maximum absolute atomic E-state index is 14.0. The first-order valence-corrected chi connectivity index (χ1v) is 11.7. The van der Waals surface area contributed by atoms with Crippen LogP contribution in [0.15, 0.2) is 60.7 Å². The van der Waals surface area contributed by atoms with Crippen LogP contribution >= 0.6 is 12.4 Å². The number of benzene rings is 3. The summed E-state index contributed by atoms with van der Waals surface area (Å²) < 4.78 is 18.9. The Balaban J connectivity index is 0.00000380. The Hall–Kier alpha value is -3.82. The van der Waals surface area contributed by atoms with E-state index in [-0.39, 0.29) is 40.8 Å². The van der Waals surface area contributed by atoms with Crippen molar-refractivity contribution in [3.05, 3.63) is 77.6 Å². The molecule has 0 saturated carbocycles. The third-order valence-electron chi connectivity index (χ3n) is 6.16. The highest BCUT2D eigenvalue weighted by Gasteiger charge is 2.18. The maximum Gasteiger partial charge on any atom is 0.255 e. The van der Waals surface area contributed by atoms with Gasteiger partial charge >= 0.3 is 0 Å². The van der Waals surface area contributed by atoms with Gasteiger partial charge in [-0.25, -0.2) is 4.39 Å². The Kier molecular flexibility index (Phi) is 9.32. The molecule has 3 aromatic carbocycles. The van der Waals surface area contributed by atoms with Gasteiger partial charge in [0.25, 0.3) is 11.8 Å². The molecule has 0 unspecified atom stereocenters. The van der Waals surface area contributed by atoms with Crippen molar-refractivity contribution in [2.24, 2.45) is 0 Å². The number of nitrogens with one attached hydrogen (secondary N) is 2. The minimum absolute atomic E-state index is 0. The molecule has 37 heavy (non-hydrogen) atoms. The number of halogens is 2. The van der Waals surface area contributed by atoms with Crippen molar-refractivity contribution in [3.63, 3.8) is 0 Å². The molecule has 3 aromatic rings. The fourth-order valence-electron chi connectivity index (χ4n) is 4.09. The summed E-state index contributed by atoms with van der Waals surface area (Å²) in [5.74, 6) is -1.92. The Morgan fingerprint density at radius 2 is 1.62 bits per heavy atom. The molecule has 0 radical (unpaired) electrons. The summed E-state index contributed by atoms with van der Waals surface area (Å²) in [6.07, 6.45) is 1.07. The van der Waals surface area contributed by atoms with Crippen LogP contribution in [0, 0.1) is 5.82 Å². The highest BCUT2D eigenvalue weighted by atomic mass is 35.5. The second kappa shape index (κ2) is 12.4. The summed E-state index contributed by atoms with van der Waals surface area (Å²) in [6, 6.07) is 15.6. The van der Waals surface area contributed by atoms with Gasteiger partial charge in [-0.3, -0.25) is 9.59 Å². The van der Waals surface area contributed by atoms with Gasteiger partial charge in [-0.2, -0.15) is 0 Å². The largest absolute Gasteiger partial charge is 0.506 e. The minimum atomic E-state index is -0.676. The van der Waals surface area contributed by atoms with E-state index in [1.807, 2.05) is 12.1 Å². The third kappa shape index (κ3) is 6.69. The van der Waals surface area contributed by atoms with E-state index >= 15 is 0 Å². The van der Waals surface area contributed by atoms with Crippen LogP contribution in [0.4, 0.5) is 21.5 Å². The molecule has 2 amide bonds. The number of carbonyl (C=O) groups excluding carboxylic acids is 2. The molecule has 0 bridgehead atoms. The molecule has 0 atom stereocenters. The van der Waals surface area contributed by atoms with E-state index in [9.17, 15) is 19.1 Å². The van der Waals surface area contributed by atoms with Gasteiger partial charge in [0.05, 0.1) is 12.8 Å². The van der Waals surface area contributed by atoms with E-state index < -0.39 is 17.6 Å². The number of aromatic hydroxyl groups is 1. The molecule has 8 nitrogen and oxygen atoms in total. The normalized spacial score (nSPS) is 13.8. The van der Waals surface area contributed by atoms with Crippen LogP contribution in [0.3, 0.4) is 0 Å². The van der Waals surface area contributed by atoms with Gasteiger partial charge in [0.1, 0.15) is 11.4 Å². The van der Waals surface area contributed by atoms with E-state index in [1.165, 1.54) is 37.4 Å². The molecule has 1 aliphatic rings. The van der Waals surface area contributed by atoms with Gasteiger partial charge in [0.15, 0.2) is 11.6 Å². The molecule has 1 saturated heterocycles. The van der Waals surface area contributed by atoms with Crippen molar-refractivity contribution >= 4 is 41.3 Å². The van der Waals surface area contributed by atoms with Crippen LogP contribution < -0.4 is 20.3 Å². The summed E-state index contributed by atoms with van der Waals surface area (Å²) in [4.78, 5) is 30.3. The molecule has 0 spiro atoms. The summed E-state index contributed by atoms with van der Waals surface area (Å²) in [5, 5.41) is 15.7. The van der Waals surface area contributed by atoms with E-state index in [0.717, 1.165) is 44.4 Å². The average molecular weight is 529 g/mol. The van der Waals surface area contributed by atoms with Gasteiger partial charge in [-0.05, 0) is 74.6 Å². The zero-order valence-electron chi connectivity index (χ0n) is 20.7. The smallest absolute Gasteiger partial charge is 0.255 e. The van der Waals surface area contributed by atoms with Crippen molar-refractivity contribution in [3.8, 4) is 11.5 Å². The van der Waals surface area contributed by atoms with Crippen LogP contribution in [-0.2, 0) is 0 Å². The number of hydrogen-bond acceptors (Lipinski definition) is 6. The number of amides is 2. The predicted octanol–water partition coefficient (Wildman–Crippen LogP) is 4.61. The topological polar surface area (TPSA) is 94.1 Å². The first kappa shape index (κ1) is 27.8. The molecule has 4 rings (SSSR count). The van der Waals surface area contributed by atoms with Gasteiger partial charge in [0.2, 0.25) is 0 Å². The van der Waals surface area contributed by atoms with E-state index in [1.54, 1.807) is 12.1 Å². The number of methoxy groups -OCH3 is 1. The molecule has 1 fully saturated rings. The molecule has 3 N–H and O–H groups in total. The molecule has 1 heterocycles. The quantitative estimate of drug-likeness (QED) is 0.405. The SMILES string of the molecule is COc1ccc(C(=O)Nc2cccc(O)c2NC(=O)c2ccc(N3CCCN(C)CC3)cc2)cc1F.Cl. The van der Waals surface area contributed by atoms with Crippen molar-refractivity contribution in [1.29, 1.82) is 0 Å². The number of likely N-dealkylation sites (N-methyl/N-ethyl adjacent to an activating group) is 1. The first-order chi connectivity index (χ1) is 17.4. The van der Waals surface area contributed by atoms with E-state index in [4.69, 9.17) is 4.74 Å². The predicted molar refractivity (Wildman–Crippen MR) is 145 cm³/mol. The number of anilines is 3. The highest BCUT2D eigenvalue weighted by Crippen LogP contribution is 2.33. The molecule has 1 aliphatic heterocycles. The maximum atomic E-state index is 14.0. The molecular weight excluding hydrogens is 499 g/mol. The van der Waals surface area contributed by atoms with Crippen LogP contribution in [0.5, 0.6) is 11.5 Å². The van der Waals surface area contributed by atoms with E-state index in [0.29, 0.717) is 5.56 Å². The Morgan fingerprint density at radius 1 is 0.919 bits per heavy atom. The third-order valence-corrected chi connectivity index (χ3v) is 6.16. The Morgan fingerprint density at radius 3 is 2.32 bits per heavy atom. The number of carbonyl (C=O) groups is 2. The van der Waals surface area contributed by atoms with Crippen LogP contribution in [-0.4, -0.2) is 62.2 Å². The second-order valence-corrected chi connectivity index (χ2v) is 8.65. The number of phenolic OH excluding ortho intramolecular Hbond substituents is 1. The van der Waals surface area contributed by atoms with Crippen LogP contribution in [0.2, 0.25) is 0 Å². The summed E-state index contributed by atoms with van der Waals surface area (Å²) in [7, 11) is 3.45. The fraction of sp³-hybridized carbons (Fsp3) is 0.259. The van der Waals surface area contributed by atoms with Crippen LogP contribution in [0.1, 0.15) is 27.1 Å². The number of ether oxygens (including phenoxy) is 1. The number of phenols is 1. The lowest BCUT2D eigenvalue weighted by Crippen LogP contribution is -2.28. The van der Waals surface area contributed by atoms with Crippen molar-refractivity contribution in [2.45, 2.75) is 6.42 Å². The zero-order chi connectivity index (χ0) is 25.7. The lowest BCUT2D eigenvalue weighted by Gasteiger charge is -2.23. The summed E-state index contributed by atoms with van der Waals surface area (Å²) >= 11 is 0. The van der Waals surface area contributed by atoms with Crippen LogP contribution in [0.25, 0.3) is 0 Å². The van der Waals surface area contributed by atoms with E-state index in [2.05, 4.69) is 27.5 Å². The standard InChI is InChI=1S/C27H29FN4O4.ClH/c1-31-13-4-14-32(16-15-31)20-10-7-18(8-11-20)26(34)30-25-22(5-3-6-23(25)33)29-27(35)19-9-12-24(36-2)21(28)17-19;/h3,5-12,17,33H,4,13-16H2,1-2H3,(H,29,35)(H,30,34);1H. The minimum Gasteiger partial charge on any atom is -0.506 e. The van der Waals surface area contributed by atoms with Gasteiger partial charge in [-0.1, -0.05) is 6.07 Å². The first-order valence-electron chi connectivity index (χ1n) is 11.7. The average Bonchev–Trinajstić information content (AvgIpc) is 3.10. The van der Waals surface area contributed by atoms with Crippen molar-refractivity contribution in [1.82, 2.24) is 4.90 Å². The number of para-hydroxylation sites is 1. The molecule has 10 heteroatoms. The lowest BCUT2D eigenvalue weighted by atomic mass is 10.1. The zero-order valence-corrected chi connectivity index (χ0v) is 21.5. The fourth-order valence-corrected chi connectivity index (χ4v) is 4.09. The van der Waals surface area contributed by atoms with Crippen molar-refractivity contribution < 1.29 is 23.8 Å². The molecular formula is C27H30ClFN4O4. The van der Waals surface area contributed by atoms with Gasteiger partial charge in [0, 0.05) is 36.4 Å². The Bertz CT molecular complexity index is 1260. The second-order valence-electron chi connectivity index (χ2n) is 8.65. The molecule has 0 aromatic heterocycles. The molecule has 0 aliphatic carbocycles. The number of hydrogen-bond donors (Lipinski definition) is 3. The van der Waals surface area contributed by atoms with Gasteiger partial charge < -0.3 is 30.3 Å². The Labute approximate surface area is 221 Å². The van der Waals surface area contributed by atoms with Crippen molar-refractivity contribution in [2.75, 3.05) is 55.9 Å². The molecule has 196 valence electrons. The summed E-state index contributed by atoms with van der Waals surface area (Å²) in [6.45, 7) is 3.91. The number of rotatable bonds is 6. The monoisotopic (exact) mass is 528 g/mol. The highest BCUT2D eigenvalue weighted by molar-refractivity contribution is 6.11. The van der Waals surface area contributed by atoms with Gasteiger partial charge in [-0.15, -0.1) is 12.4 Å². The number of nitrogens with zero attached hydrogens (tertiary/aromatic N) is 2.